The molecular formula is C17H16N4O3. The third kappa shape index (κ3) is 3.40. The van der Waals surface area contributed by atoms with Crippen molar-refractivity contribution in [3.8, 4) is 0 Å². The predicted molar refractivity (Wildman–Crippen MR) is 87.4 cm³/mol. The number of hydrogen-bond donors (Lipinski definition) is 1. The van der Waals surface area contributed by atoms with Crippen molar-refractivity contribution >= 4 is 23.0 Å². The molecule has 0 unspecified atom stereocenters. The number of para-hydroxylation sites is 1. The highest BCUT2D eigenvalue weighted by Crippen LogP contribution is 2.10. The Kier molecular flexibility index (Phi) is 4.51. The van der Waals surface area contributed by atoms with Crippen molar-refractivity contribution in [1.29, 1.82) is 0 Å². The second-order valence-electron chi connectivity index (χ2n) is 5.26. The zero-order chi connectivity index (χ0) is 16.9. The van der Waals surface area contributed by atoms with Gasteiger partial charge in [-0.05, 0) is 24.6 Å². The van der Waals surface area contributed by atoms with Gasteiger partial charge in [-0.15, -0.1) is 5.10 Å². The number of hydrogen-bond acceptors (Lipinski definition) is 5. The van der Waals surface area contributed by atoms with E-state index in [0.717, 1.165) is 5.56 Å². The Morgan fingerprint density at radius 2 is 1.83 bits per heavy atom. The molecule has 0 bridgehead atoms. The van der Waals surface area contributed by atoms with E-state index in [1.165, 1.54) is 4.68 Å². The number of nitrogens with zero attached hydrogens (tertiary/aromatic N) is 3. The zero-order valence-corrected chi connectivity index (χ0v) is 13.0. The van der Waals surface area contributed by atoms with Gasteiger partial charge in [0.15, 0.2) is 0 Å². The standard InChI is InChI=1S/C17H16N4O3/c1-12(18-17(23)24-11-13-7-3-2-4-8-13)16(22)21-15-10-6-5-9-14(15)19-20-21/h2-10,12H,11H2,1H3,(H,18,23)/t12-/m0/s1. The van der Waals surface area contributed by atoms with Gasteiger partial charge in [0.2, 0.25) is 0 Å². The number of carbonyl (C=O) groups is 2. The minimum atomic E-state index is -0.793. The van der Waals surface area contributed by atoms with Crippen molar-refractivity contribution in [3.63, 3.8) is 0 Å². The Bertz CT molecular complexity index is 860. The van der Waals surface area contributed by atoms with Crippen LogP contribution < -0.4 is 5.32 Å². The molecule has 0 aliphatic rings. The lowest BCUT2D eigenvalue weighted by Gasteiger charge is -2.13. The largest absolute Gasteiger partial charge is 0.445 e. The minimum absolute atomic E-state index is 0.139. The Balaban J connectivity index is 1.60. The van der Waals surface area contributed by atoms with Crippen LogP contribution >= 0.6 is 0 Å². The summed E-state index contributed by atoms with van der Waals surface area (Å²) in [4.78, 5) is 24.3. The first kappa shape index (κ1) is 15.7. The van der Waals surface area contributed by atoms with Gasteiger partial charge in [-0.2, -0.15) is 4.68 Å². The fourth-order valence-electron chi connectivity index (χ4n) is 2.22. The average molecular weight is 324 g/mol. The van der Waals surface area contributed by atoms with Crippen molar-refractivity contribution in [2.75, 3.05) is 0 Å². The molecule has 0 fully saturated rings. The number of carbonyl (C=O) groups excluding carboxylic acids is 2. The van der Waals surface area contributed by atoms with Gasteiger partial charge in [0.1, 0.15) is 18.2 Å². The van der Waals surface area contributed by atoms with Crippen molar-refractivity contribution in [1.82, 2.24) is 20.3 Å². The van der Waals surface area contributed by atoms with E-state index in [2.05, 4.69) is 15.6 Å². The lowest BCUT2D eigenvalue weighted by atomic mass is 10.2. The number of alkyl carbamates (subject to hydrolysis) is 1. The second-order valence-corrected chi connectivity index (χ2v) is 5.26. The summed E-state index contributed by atoms with van der Waals surface area (Å²) in [6, 6.07) is 15.6. The first-order valence-corrected chi connectivity index (χ1v) is 7.47. The molecule has 2 aromatic carbocycles. The van der Waals surface area contributed by atoms with Gasteiger partial charge in [-0.25, -0.2) is 4.79 Å². The van der Waals surface area contributed by atoms with Crippen molar-refractivity contribution < 1.29 is 14.3 Å². The molecule has 0 aliphatic heterocycles. The summed E-state index contributed by atoms with van der Waals surface area (Å²) in [5.41, 5.74) is 2.08. The Hall–Kier alpha value is -3.22. The fourth-order valence-corrected chi connectivity index (χ4v) is 2.22. The maximum absolute atomic E-state index is 12.4. The van der Waals surface area contributed by atoms with Gasteiger partial charge in [0, 0.05) is 0 Å². The van der Waals surface area contributed by atoms with Crippen LogP contribution in [-0.2, 0) is 11.3 Å². The molecule has 3 rings (SSSR count). The van der Waals surface area contributed by atoms with Crippen molar-refractivity contribution in [2.24, 2.45) is 0 Å². The van der Waals surface area contributed by atoms with Crippen LogP contribution in [0.1, 0.15) is 17.3 Å². The SMILES string of the molecule is C[C@H](NC(=O)OCc1ccccc1)C(=O)n1nnc2ccccc21. The molecule has 24 heavy (non-hydrogen) atoms. The molecule has 1 amide bonds. The van der Waals surface area contributed by atoms with Crippen LogP contribution in [0.15, 0.2) is 54.6 Å². The Labute approximate surface area is 138 Å². The van der Waals surface area contributed by atoms with Gasteiger partial charge in [0.05, 0.1) is 5.52 Å². The fraction of sp³-hybridized carbons (Fsp3) is 0.176. The third-order valence-electron chi connectivity index (χ3n) is 3.48. The van der Waals surface area contributed by atoms with E-state index in [9.17, 15) is 9.59 Å². The first-order valence-electron chi connectivity index (χ1n) is 7.47. The molecule has 7 heteroatoms. The molecule has 122 valence electrons. The summed E-state index contributed by atoms with van der Waals surface area (Å²) < 4.78 is 6.28. The summed E-state index contributed by atoms with van der Waals surface area (Å²) >= 11 is 0. The number of rotatable bonds is 4. The quantitative estimate of drug-likeness (QED) is 0.796. The van der Waals surface area contributed by atoms with Gasteiger partial charge in [0.25, 0.3) is 5.91 Å². The molecule has 3 aromatic rings. The van der Waals surface area contributed by atoms with E-state index in [-0.39, 0.29) is 12.5 Å². The molecule has 1 aromatic heterocycles. The van der Waals surface area contributed by atoms with Crippen molar-refractivity contribution in [3.05, 3.63) is 60.2 Å². The minimum Gasteiger partial charge on any atom is -0.445 e. The number of benzene rings is 2. The highest BCUT2D eigenvalue weighted by Gasteiger charge is 2.21. The Morgan fingerprint density at radius 3 is 2.62 bits per heavy atom. The summed E-state index contributed by atoms with van der Waals surface area (Å²) in [7, 11) is 0. The summed E-state index contributed by atoms with van der Waals surface area (Å²) in [5, 5.41) is 10.3. The van der Waals surface area contributed by atoms with Gasteiger partial charge in [-0.1, -0.05) is 47.7 Å². The topological polar surface area (TPSA) is 86.1 Å². The van der Waals surface area contributed by atoms with Crippen LogP contribution in [0, 0.1) is 0 Å². The number of amides is 1. The van der Waals surface area contributed by atoms with Crippen LogP contribution in [0.25, 0.3) is 11.0 Å². The van der Waals surface area contributed by atoms with Gasteiger partial charge < -0.3 is 10.1 Å². The lowest BCUT2D eigenvalue weighted by molar-refractivity contribution is 0.0834. The molecular weight excluding hydrogens is 308 g/mol. The van der Waals surface area contributed by atoms with Crippen LogP contribution in [0.3, 0.4) is 0 Å². The molecule has 0 saturated heterocycles. The molecule has 0 saturated carbocycles. The second kappa shape index (κ2) is 6.91. The maximum Gasteiger partial charge on any atom is 0.408 e. The van der Waals surface area contributed by atoms with Crippen LogP contribution in [0.2, 0.25) is 0 Å². The van der Waals surface area contributed by atoms with E-state index >= 15 is 0 Å². The molecule has 1 N–H and O–H groups in total. The number of nitrogens with one attached hydrogen (secondary N) is 1. The summed E-state index contributed by atoms with van der Waals surface area (Å²) in [6.07, 6.45) is -0.663. The molecule has 0 radical (unpaired) electrons. The number of ether oxygens (including phenoxy) is 1. The monoisotopic (exact) mass is 324 g/mol. The van der Waals surface area contributed by atoms with Gasteiger partial charge in [-0.3, -0.25) is 4.79 Å². The number of fused-ring (bicyclic) bond motifs is 1. The molecule has 1 heterocycles. The Morgan fingerprint density at radius 1 is 1.12 bits per heavy atom. The molecule has 0 spiro atoms. The van der Waals surface area contributed by atoms with Crippen LogP contribution in [-0.4, -0.2) is 33.0 Å². The predicted octanol–water partition coefficient (Wildman–Crippen LogP) is 2.39. The van der Waals surface area contributed by atoms with Crippen LogP contribution in [0.4, 0.5) is 4.79 Å². The lowest BCUT2D eigenvalue weighted by Crippen LogP contribution is -2.41. The van der Waals surface area contributed by atoms with Crippen LogP contribution in [0.5, 0.6) is 0 Å². The van der Waals surface area contributed by atoms with E-state index in [0.29, 0.717) is 11.0 Å². The van der Waals surface area contributed by atoms with Crippen molar-refractivity contribution in [2.45, 2.75) is 19.6 Å². The van der Waals surface area contributed by atoms with E-state index in [1.54, 1.807) is 25.1 Å². The zero-order valence-electron chi connectivity index (χ0n) is 13.0. The first-order chi connectivity index (χ1) is 11.6. The van der Waals surface area contributed by atoms with E-state index in [4.69, 9.17) is 4.74 Å². The van der Waals surface area contributed by atoms with Gasteiger partial charge >= 0.3 is 6.09 Å². The summed E-state index contributed by atoms with van der Waals surface area (Å²) in [5.74, 6) is -0.389. The van der Waals surface area contributed by atoms with E-state index in [1.807, 2.05) is 36.4 Å². The number of aromatic nitrogens is 3. The highest BCUT2D eigenvalue weighted by atomic mass is 16.5. The van der Waals surface area contributed by atoms with E-state index < -0.39 is 12.1 Å². The molecule has 0 aliphatic carbocycles. The maximum atomic E-state index is 12.4. The summed E-state index contributed by atoms with van der Waals surface area (Å²) in [6.45, 7) is 1.71. The highest BCUT2D eigenvalue weighted by molar-refractivity contribution is 5.93. The molecule has 7 nitrogen and oxygen atoms in total. The molecule has 1 atom stereocenters. The average Bonchev–Trinajstić information content (AvgIpc) is 3.04. The third-order valence-corrected chi connectivity index (χ3v) is 3.48. The normalized spacial score (nSPS) is 11.9. The smallest absolute Gasteiger partial charge is 0.408 e.